The van der Waals surface area contributed by atoms with Gasteiger partial charge >= 0.3 is 0 Å². The third-order valence-electron chi connectivity index (χ3n) is 2.86. The van der Waals surface area contributed by atoms with E-state index in [1.165, 1.54) is 18.2 Å². The monoisotopic (exact) mass is 324 g/mol. The molecule has 0 aliphatic rings. The molecule has 98 valence electrons. The van der Waals surface area contributed by atoms with E-state index in [2.05, 4.69) is 15.9 Å². The van der Waals surface area contributed by atoms with Gasteiger partial charge in [0.15, 0.2) is 5.78 Å². The van der Waals surface area contributed by atoms with E-state index in [1.54, 1.807) is 25.1 Å². The quantitative estimate of drug-likeness (QED) is 0.762. The average molecular weight is 325 g/mol. The molecule has 0 N–H and O–H groups in total. The number of hydrogen-bond acceptors (Lipinski definition) is 1. The second-order valence-electron chi connectivity index (χ2n) is 4.30. The number of benzene rings is 2. The minimum absolute atomic E-state index is 0.101. The zero-order valence-corrected chi connectivity index (χ0v) is 11.8. The number of carbonyl (C=O) groups is 1. The van der Waals surface area contributed by atoms with E-state index in [0.717, 1.165) is 0 Å². The van der Waals surface area contributed by atoms with E-state index in [-0.39, 0.29) is 18.0 Å². The van der Waals surface area contributed by atoms with Crippen molar-refractivity contribution < 1.29 is 13.6 Å². The summed E-state index contributed by atoms with van der Waals surface area (Å²) in [4.78, 5) is 12.0. The van der Waals surface area contributed by atoms with Crippen LogP contribution >= 0.6 is 15.9 Å². The normalized spacial score (nSPS) is 10.5. The Labute approximate surface area is 118 Å². The van der Waals surface area contributed by atoms with Gasteiger partial charge in [0.1, 0.15) is 11.6 Å². The van der Waals surface area contributed by atoms with Gasteiger partial charge in [-0.05, 0) is 36.2 Å². The first-order chi connectivity index (χ1) is 8.97. The SMILES string of the molecule is Cc1ccc(C(=O)Cc2ccc(F)cc2Br)cc1F. The molecule has 0 heterocycles. The molecule has 0 bridgehead atoms. The molecule has 0 fully saturated rings. The number of Topliss-reactive ketones (excluding diaryl/α,β-unsaturated/α-hetero) is 1. The number of halogens is 3. The minimum Gasteiger partial charge on any atom is -0.294 e. The topological polar surface area (TPSA) is 17.1 Å². The van der Waals surface area contributed by atoms with Crippen molar-refractivity contribution in [1.29, 1.82) is 0 Å². The number of ketones is 1. The van der Waals surface area contributed by atoms with Crippen LogP contribution in [-0.4, -0.2) is 5.78 Å². The zero-order chi connectivity index (χ0) is 14.0. The molecule has 0 unspecified atom stereocenters. The molecule has 0 atom stereocenters. The molecule has 1 nitrogen and oxygen atoms in total. The van der Waals surface area contributed by atoms with Crippen LogP contribution in [-0.2, 0) is 6.42 Å². The van der Waals surface area contributed by atoms with Crippen LogP contribution < -0.4 is 0 Å². The van der Waals surface area contributed by atoms with Crippen molar-refractivity contribution in [2.24, 2.45) is 0 Å². The van der Waals surface area contributed by atoms with Crippen LogP contribution in [0.2, 0.25) is 0 Å². The van der Waals surface area contributed by atoms with E-state index in [1.807, 2.05) is 0 Å². The first-order valence-corrected chi connectivity index (χ1v) is 6.50. The standard InChI is InChI=1S/C15H11BrF2O/c1-9-2-3-11(6-14(9)18)15(19)7-10-4-5-12(17)8-13(10)16/h2-6,8H,7H2,1H3. The van der Waals surface area contributed by atoms with Gasteiger partial charge in [-0.15, -0.1) is 0 Å². The lowest BCUT2D eigenvalue weighted by Gasteiger charge is -2.05. The van der Waals surface area contributed by atoms with Gasteiger partial charge in [-0.1, -0.05) is 34.1 Å². The number of aryl methyl sites for hydroxylation is 1. The Morgan fingerprint density at radius 3 is 2.53 bits per heavy atom. The summed E-state index contributed by atoms with van der Waals surface area (Å²) in [5.74, 6) is -0.973. The van der Waals surface area contributed by atoms with E-state index >= 15 is 0 Å². The van der Waals surface area contributed by atoms with Crippen molar-refractivity contribution in [3.05, 3.63) is 69.2 Å². The first kappa shape index (κ1) is 13.9. The molecule has 0 radical (unpaired) electrons. The Balaban J connectivity index is 2.23. The van der Waals surface area contributed by atoms with Crippen molar-refractivity contribution in [3.8, 4) is 0 Å². The van der Waals surface area contributed by atoms with E-state index < -0.39 is 5.82 Å². The number of hydrogen-bond donors (Lipinski definition) is 0. The summed E-state index contributed by atoms with van der Waals surface area (Å²) < 4.78 is 26.9. The molecule has 2 aromatic carbocycles. The second-order valence-corrected chi connectivity index (χ2v) is 5.15. The van der Waals surface area contributed by atoms with Crippen molar-refractivity contribution in [2.45, 2.75) is 13.3 Å². The second kappa shape index (κ2) is 5.61. The van der Waals surface area contributed by atoms with E-state index in [0.29, 0.717) is 21.2 Å². The molecule has 0 aliphatic heterocycles. The number of carbonyl (C=O) groups excluding carboxylic acids is 1. The van der Waals surface area contributed by atoms with Gasteiger partial charge in [0.25, 0.3) is 0 Å². The van der Waals surface area contributed by atoms with Gasteiger partial charge in [-0.2, -0.15) is 0 Å². The Morgan fingerprint density at radius 2 is 1.89 bits per heavy atom. The largest absolute Gasteiger partial charge is 0.294 e. The fraction of sp³-hybridized carbons (Fsp3) is 0.133. The predicted molar refractivity (Wildman–Crippen MR) is 73.3 cm³/mol. The zero-order valence-electron chi connectivity index (χ0n) is 10.2. The summed E-state index contributed by atoms with van der Waals surface area (Å²) >= 11 is 3.21. The van der Waals surface area contributed by atoms with Crippen LogP contribution in [0.1, 0.15) is 21.5 Å². The molecule has 19 heavy (non-hydrogen) atoms. The maximum absolute atomic E-state index is 13.4. The molecule has 0 saturated carbocycles. The van der Waals surface area contributed by atoms with Crippen LogP contribution in [0.25, 0.3) is 0 Å². The molecule has 0 amide bonds. The van der Waals surface area contributed by atoms with Gasteiger partial charge < -0.3 is 0 Å². The Hall–Kier alpha value is -1.55. The fourth-order valence-corrected chi connectivity index (χ4v) is 2.20. The van der Waals surface area contributed by atoms with Gasteiger partial charge in [-0.25, -0.2) is 8.78 Å². The lowest BCUT2D eigenvalue weighted by Crippen LogP contribution is -2.05. The van der Waals surface area contributed by atoms with Gasteiger partial charge in [-0.3, -0.25) is 4.79 Å². The molecule has 0 spiro atoms. The van der Waals surface area contributed by atoms with Gasteiger partial charge in [0, 0.05) is 16.5 Å². The highest BCUT2D eigenvalue weighted by Crippen LogP contribution is 2.20. The van der Waals surface area contributed by atoms with E-state index in [9.17, 15) is 13.6 Å². The maximum atomic E-state index is 13.4. The third-order valence-corrected chi connectivity index (χ3v) is 3.60. The van der Waals surface area contributed by atoms with Crippen LogP contribution in [0.5, 0.6) is 0 Å². The average Bonchev–Trinajstić information content (AvgIpc) is 2.36. The summed E-state index contributed by atoms with van der Waals surface area (Å²) in [7, 11) is 0. The Kier molecular flexibility index (Phi) is 4.10. The van der Waals surface area contributed by atoms with Crippen LogP contribution in [0.3, 0.4) is 0 Å². The molecule has 0 aromatic heterocycles. The molecule has 4 heteroatoms. The molecular weight excluding hydrogens is 314 g/mol. The van der Waals surface area contributed by atoms with Gasteiger partial charge in [0.2, 0.25) is 0 Å². The van der Waals surface area contributed by atoms with Crippen molar-refractivity contribution >= 4 is 21.7 Å². The molecule has 2 rings (SSSR count). The molecule has 0 aliphatic carbocycles. The summed E-state index contributed by atoms with van der Waals surface area (Å²) in [5.41, 5.74) is 1.49. The summed E-state index contributed by atoms with van der Waals surface area (Å²) in [6, 6.07) is 8.54. The molecule has 2 aromatic rings. The summed E-state index contributed by atoms with van der Waals surface area (Å²) in [5, 5.41) is 0. The Bertz CT molecular complexity index is 638. The van der Waals surface area contributed by atoms with Crippen LogP contribution in [0.15, 0.2) is 40.9 Å². The van der Waals surface area contributed by atoms with Crippen LogP contribution in [0, 0.1) is 18.6 Å². The molecule has 0 saturated heterocycles. The maximum Gasteiger partial charge on any atom is 0.167 e. The first-order valence-electron chi connectivity index (χ1n) is 5.70. The van der Waals surface area contributed by atoms with E-state index in [4.69, 9.17) is 0 Å². The molecular formula is C15H11BrF2O. The lowest BCUT2D eigenvalue weighted by atomic mass is 10.0. The van der Waals surface area contributed by atoms with Gasteiger partial charge in [0.05, 0.1) is 0 Å². The number of rotatable bonds is 3. The highest BCUT2D eigenvalue weighted by atomic mass is 79.9. The Morgan fingerprint density at radius 1 is 1.16 bits per heavy atom. The minimum atomic E-state index is -0.399. The fourth-order valence-electron chi connectivity index (χ4n) is 1.71. The van der Waals surface area contributed by atoms with Crippen molar-refractivity contribution in [3.63, 3.8) is 0 Å². The van der Waals surface area contributed by atoms with Crippen molar-refractivity contribution in [1.82, 2.24) is 0 Å². The van der Waals surface area contributed by atoms with Crippen molar-refractivity contribution in [2.75, 3.05) is 0 Å². The lowest BCUT2D eigenvalue weighted by molar-refractivity contribution is 0.0992. The van der Waals surface area contributed by atoms with Crippen LogP contribution in [0.4, 0.5) is 8.78 Å². The highest BCUT2D eigenvalue weighted by molar-refractivity contribution is 9.10. The smallest absolute Gasteiger partial charge is 0.167 e. The summed E-state index contributed by atoms with van der Waals surface area (Å²) in [6.45, 7) is 1.64. The third kappa shape index (κ3) is 3.26. The highest BCUT2D eigenvalue weighted by Gasteiger charge is 2.11. The predicted octanol–water partition coefficient (Wildman–Crippen LogP) is 4.46. The summed E-state index contributed by atoms with van der Waals surface area (Å²) in [6.07, 6.45) is 0.101.